The Morgan fingerprint density at radius 1 is 1.40 bits per heavy atom. The maximum Gasteiger partial charge on any atom is 0.128 e. The second kappa shape index (κ2) is 3.27. The van der Waals surface area contributed by atoms with Crippen LogP contribution in [0.1, 0.15) is 5.56 Å². The van der Waals surface area contributed by atoms with Crippen LogP contribution in [0.25, 0.3) is 0 Å². The molecule has 2 aliphatic heterocycles. The summed E-state index contributed by atoms with van der Waals surface area (Å²) in [6.07, 6.45) is 0. The van der Waals surface area contributed by atoms with Gasteiger partial charge in [0.25, 0.3) is 0 Å². The third-order valence-corrected chi connectivity index (χ3v) is 3.38. The van der Waals surface area contributed by atoms with E-state index in [4.69, 9.17) is 4.84 Å². The molecule has 2 fully saturated rings. The quantitative estimate of drug-likeness (QED) is 0.715. The van der Waals surface area contributed by atoms with Gasteiger partial charge in [-0.05, 0) is 6.07 Å². The van der Waals surface area contributed by atoms with E-state index >= 15 is 0 Å². The number of hydrogen-bond donors (Lipinski definition) is 2. The highest BCUT2D eigenvalue weighted by Gasteiger charge is 2.50. The minimum Gasteiger partial charge on any atom is -0.314 e. The molecule has 3 rings (SSSR count). The van der Waals surface area contributed by atoms with E-state index in [1.54, 1.807) is 6.07 Å². The van der Waals surface area contributed by atoms with E-state index < -0.39 is 0 Å². The zero-order valence-electron chi connectivity index (χ0n) is 8.29. The fourth-order valence-corrected chi connectivity index (χ4v) is 2.55. The van der Waals surface area contributed by atoms with E-state index in [-0.39, 0.29) is 11.4 Å². The van der Waals surface area contributed by atoms with Gasteiger partial charge in [0.2, 0.25) is 0 Å². The molecule has 0 aromatic heterocycles. The largest absolute Gasteiger partial charge is 0.314 e. The predicted octanol–water partition coefficient (Wildman–Crippen LogP) is 0.775. The molecule has 3 nitrogen and oxygen atoms in total. The van der Waals surface area contributed by atoms with E-state index in [2.05, 4.69) is 10.8 Å². The Labute approximate surface area is 87.6 Å². The summed E-state index contributed by atoms with van der Waals surface area (Å²) in [4.78, 5) is 5.27. The first-order valence-corrected chi connectivity index (χ1v) is 5.17. The SMILES string of the molecule is Fc1ccccc1C12CNCC1CON2. The normalized spacial score (nSPS) is 34.3. The molecule has 1 aromatic rings. The van der Waals surface area contributed by atoms with Gasteiger partial charge in [0.15, 0.2) is 0 Å². The average Bonchev–Trinajstić information content (AvgIpc) is 2.77. The summed E-state index contributed by atoms with van der Waals surface area (Å²) in [5.41, 5.74) is 3.32. The van der Waals surface area contributed by atoms with Gasteiger partial charge in [-0.1, -0.05) is 18.2 Å². The number of nitrogens with one attached hydrogen (secondary N) is 2. The van der Waals surface area contributed by atoms with E-state index in [0.717, 1.165) is 13.1 Å². The summed E-state index contributed by atoms with van der Waals surface area (Å²) < 4.78 is 13.8. The van der Waals surface area contributed by atoms with Crippen molar-refractivity contribution >= 4 is 0 Å². The zero-order valence-corrected chi connectivity index (χ0v) is 8.29. The summed E-state index contributed by atoms with van der Waals surface area (Å²) in [6, 6.07) is 6.90. The first-order chi connectivity index (χ1) is 7.33. The Kier molecular flexibility index (Phi) is 2.02. The number of halogens is 1. The van der Waals surface area contributed by atoms with Gasteiger partial charge in [0, 0.05) is 24.6 Å². The Bertz CT molecular complexity index is 373. The molecule has 0 saturated carbocycles. The van der Waals surface area contributed by atoms with Gasteiger partial charge in [0.1, 0.15) is 5.82 Å². The van der Waals surface area contributed by atoms with Crippen molar-refractivity contribution < 1.29 is 9.23 Å². The van der Waals surface area contributed by atoms with E-state index in [0.29, 0.717) is 18.1 Å². The summed E-state index contributed by atoms with van der Waals surface area (Å²) >= 11 is 0. The molecule has 2 unspecified atom stereocenters. The summed E-state index contributed by atoms with van der Waals surface area (Å²) in [7, 11) is 0. The molecule has 2 heterocycles. The van der Waals surface area contributed by atoms with Gasteiger partial charge in [-0.15, -0.1) is 0 Å². The number of rotatable bonds is 1. The lowest BCUT2D eigenvalue weighted by atomic mass is 9.82. The summed E-state index contributed by atoms with van der Waals surface area (Å²) in [6.45, 7) is 2.24. The molecule has 15 heavy (non-hydrogen) atoms. The molecule has 80 valence electrons. The van der Waals surface area contributed by atoms with Crippen molar-refractivity contribution in [3.8, 4) is 0 Å². The van der Waals surface area contributed by atoms with Crippen molar-refractivity contribution in [1.29, 1.82) is 0 Å². The van der Waals surface area contributed by atoms with E-state index in [1.165, 1.54) is 6.07 Å². The maximum atomic E-state index is 13.8. The summed E-state index contributed by atoms with van der Waals surface area (Å²) in [5.74, 6) is 0.151. The standard InChI is InChI=1S/C11H13FN2O/c12-10-4-2-1-3-9(10)11-7-13-5-8(11)6-15-14-11/h1-4,8,13-14H,5-7H2. The Balaban J connectivity index is 2.08. The molecule has 2 aliphatic rings. The van der Waals surface area contributed by atoms with Crippen molar-refractivity contribution in [2.75, 3.05) is 19.7 Å². The third-order valence-electron chi connectivity index (χ3n) is 3.38. The molecule has 0 spiro atoms. The van der Waals surface area contributed by atoms with Crippen molar-refractivity contribution in [2.45, 2.75) is 5.54 Å². The van der Waals surface area contributed by atoms with Crippen LogP contribution < -0.4 is 10.8 Å². The van der Waals surface area contributed by atoms with Crippen molar-refractivity contribution in [2.24, 2.45) is 5.92 Å². The van der Waals surface area contributed by atoms with Crippen LogP contribution in [0.2, 0.25) is 0 Å². The summed E-state index contributed by atoms with van der Waals surface area (Å²) in [5, 5.41) is 3.28. The second-order valence-electron chi connectivity index (χ2n) is 4.19. The molecular formula is C11H13FN2O. The second-order valence-corrected chi connectivity index (χ2v) is 4.19. The number of benzene rings is 1. The lowest BCUT2D eigenvalue weighted by Gasteiger charge is -2.27. The van der Waals surface area contributed by atoms with Crippen LogP contribution in [-0.2, 0) is 10.4 Å². The molecule has 0 bridgehead atoms. The number of hydroxylamine groups is 1. The highest BCUT2D eigenvalue weighted by molar-refractivity contribution is 5.30. The molecule has 4 heteroatoms. The predicted molar refractivity (Wildman–Crippen MR) is 53.5 cm³/mol. The molecule has 2 N–H and O–H groups in total. The van der Waals surface area contributed by atoms with Crippen molar-refractivity contribution in [1.82, 2.24) is 10.8 Å². The minimum atomic E-state index is -0.370. The van der Waals surface area contributed by atoms with Crippen LogP contribution in [-0.4, -0.2) is 19.7 Å². The Morgan fingerprint density at radius 3 is 3.13 bits per heavy atom. The monoisotopic (exact) mass is 208 g/mol. The van der Waals surface area contributed by atoms with Crippen molar-refractivity contribution in [3.63, 3.8) is 0 Å². The Morgan fingerprint density at radius 2 is 2.27 bits per heavy atom. The number of fused-ring (bicyclic) bond motifs is 1. The highest BCUT2D eigenvalue weighted by Crippen LogP contribution is 2.37. The third kappa shape index (κ3) is 1.22. The lowest BCUT2D eigenvalue weighted by Crippen LogP contribution is -2.43. The molecule has 1 aromatic carbocycles. The van der Waals surface area contributed by atoms with Gasteiger partial charge in [0.05, 0.1) is 12.1 Å². The first-order valence-electron chi connectivity index (χ1n) is 5.17. The fourth-order valence-electron chi connectivity index (χ4n) is 2.55. The molecular weight excluding hydrogens is 195 g/mol. The first kappa shape index (κ1) is 9.27. The van der Waals surface area contributed by atoms with Gasteiger partial charge in [-0.25, -0.2) is 4.39 Å². The van der Waals surface area contributed by atoms with Crippen LogP contribution in [0.5, 0.6) is 0 Å². The average molecular weight is 208 g/mol. The van der Waals surface area contributed by atoms with Crippen LogP contribution in [0, 0.1) is 11.7 Å². The Hall–Kier alpha value is -0.970. The maximum absolute atomic E-state index is 13.8. The van der Waals surface area contributed by atoms with Gasteiger partial charge in [-0.3, -0.25) is 0 Å². The topological polar surface area (TPSA) is 33.3 Å². The zero-order chi connectivity index (χ0) is 10.3. The van der Waals surface area contributed by atoms with Crippen LogP contribution in [0.3, 0.4) is 0 Å². The van der Waals surface area contributed by atoms with Crippen LogP contribution in [0.15, 0.2) is 24.3 Å². The fraction of sp³-hybridized carbons (Fsp3) is 0.455. The van der Waals surface area contributed by atoms with E-state index in [9.17, 15) is 4.39 Å². The molecule has 0 radical (unpaired) electrons. The van der Waals surface area contributed by atoms with Gasteiger partial charge < -0.3 is 10.2 Å². The molecule has 0 aliphatic carbocycles. The highest BCUT2D eigenvalue weighted by atomic mass is 19.1. The van der Waals surface area contributed by atoms with Crippen LogP contribution in [0.4, 0.5) is 4.39 Å². The molecule has 0 amide bonds. The van der Waals surface area contributed by atoms with Gasteiger partial charge >= 0.3 is 0 Å². The van der Waals surface area contributed by atoms with E-state index in [1.807, 2.05) is 12.1 Å². The van der Waals surface area contributed by atoms with Gasteiger partial charge in [-0.2, -0.15) is 5.48 Å². The molecule has 2 atom stereocenters. The molecule has 2 saturated heterocycles. The minimum absolute atomic E-state index is 0.163. The van der Waals surface area contributed by atoms with Crippen molar-refractivity contribution in [3.05, 3.63) is 35.6 Å². The smallest absolute Gasteiger partial charge is 0.128 e. The van der Waals surface area contributed by atoms with Crippen LogP contribution >= 0.6 is 0 Å². The lowest BCUT2D eigenvalue weighted by molar-refractivity contribution is 0.0589. The number of hydrogen-bond acceptors (Lipinski definition) is 3.